The highest BCUT2D eigenvalue weighted by molar-refractivity contribution is 7.92. The summed E-state index contributed by atoms with van der Waals surface area (Å²) in [5, 5.41) is 9.28. The molecule has 4 rings (SSSR count). The van der Waals surface area contributed by atoms with Crippen LogP contribution in [-0.2, 0) is 19.4 Å². The fraction of sp³-hybridized carbons (Fsp3) is 0.400. The SMILES string of the molecule is O=C(NC1CC(C(=O)NCC(=O)C2CS(=O)(=O)C2)C1)c1cc(-c2ccccc2)no1. The molecule has 1 aliphatic carbocycles. The molecule has 0 unspecified atom stereocenters. The van der Waals surface area contributed by atoms with Crippen LogP contribution in [-0.4, -0.2) is 55.3 Å². The second kappa shape index (κ2) is 8.02. The van der Waals surface area contributed by atoms with Crippen LogP contribution < -0.4 is 10.6 Å². The topological polar surface area (TPSA) is 135 Å². The summed E-state index contributed by atoms with van der Waals surface area (Å²) in [5.41, 5.74) is 1.41. The molecule has 0 spiro atoms. The Morgan fingerprint density at radius 1 is 1.07 bits per heavy atom. The van der Waals surface area contributed by atoms with E-state index < -0.39 is 21.7 Å². The van der Waals surface area contributed by atoms with Crippen molar-refractivity contribution in [1.82, 2.24) is 15.8 Å². The number of ketones is 1. The number of hydrogen-bond acceptors (Lipinski definition) is 7. The molecule has 1 aliphatic heterocycles. The maximum absolute atomic E-state index is 12.3. The normalized spacial score (nSPS) is 22.4. The van der Waals surface area contributed by atoms with E-state index in [1.54, 1.807) is 6.07 Å². The van der Waals surface area contributed by atoms with Gasteiger partial charge in [-0.05, 0) is 12.8 Å². The fourth-order valence-electron chi connectivity index (χ4n) is 3.55. The first-order valence-electron chi connectivity index (χ1n) is 9.64. The van der Waals surface area contributed by atoms with Gasteiger partial charge in [0.2, 0.25) is 11.7 Å². The lowest BCUT2D eigenvalue weighted by Crippen LogP contribution is -2.51. The van der Waals surface area contributed by atoms with Gasteiger partial charge in [0.05, 0.1) is 18.1 Å². The van der Waals surface area contributed by atoms with Crippen molar-refractivity contribution in [2.45, 2.75) is 18.9 Å². The van der Waals surface area contributed by atoms with E-state index in [1.165, 1.54) is 0 Å². The zero-order valence-electron chi connectivity index (χ0n) is 16.0. The first-order valence-corrected chi connectivity index (χ1v) is 11.5. The predicted molar refractivity (Wildman–Crippen MR) is 106 cm³/mol. The van der Waals surface area contributed by atoms with Gasteiger partial charge in [-0.3, -0.25) is 14.4 Å². The van der Waals surface area contributed by atoms with E-state index in [1.807, 2.05) is 30.3 Å². The average molecular weight is 431 g/mol. The molecule has 0 bridgehead atoms. The minimum absolute atomic E-state index is 0.0998. The van der Waals surface area contributed by atoms with Crippen LogP contribution in [0.25, 0.3) is 11.3 Å². The van der Waals surface area contributed by atoms with Crippen LogP contribution in [0.1, 0.15) is 23.4 Å². The van der Waals surface area contributed by atoms with Crippen molar-refractivity contribution in [3.05, 3.63) is 42.2 Å². The van der Waals surface area contributed by atoms with Crippen molar-refractivity contribution in [1.29, 1.82) is 0 Å². The molecule has 158 valence electrons. The number of aromatic nitrogens is 1. The molecular formula is C20H21N3O6S. The van der Waals surface area contributed by atoms with Crippen molar-refractivity contribution >= 4 is 27.4 Å². The molecule has 2 amide bonds. The summed E-state index contributed by atoms with van der Waals surface area (Å²) in [7, 11) is -3.07. The Labute approximate surface area is 173 Å². The minimum atomic E-state index is -3.07. The highest BCUT2D eigenvalue weighted by atomic mass is 32.2. The van der Waals surface area contributed by atoms with E-state index in [-0.39, 0.29) is 47.5 Å². The van der Waals surface area contributed by atoms with E-state index >= 15 is 0 Å². The third kappa shape index (κ3) is 4.43. The Morgan fingerprint density at radius 3 is 2.43 bits per heavy atom. The van der Waals surface area contributed by atoms with Gasteiger partial charge in [-0.1, -0.05) is 35.5 Å². The molecule has 1 aromatic carbocycles. The van der Waals surface area contributed by atoms with Crippen LogP contribution >= 0.6 is 0 Å². The minimum Gasteiger partial charge on any atom is -0.350 e. The summed E-state index contributed by atoms with van der Waals surface area (Å²) in [6.07, 6.45) is 0.923. The molecule has 1 aromatic heterocycles. The van der Waals surface area contributed by atoms with Gasteiger partial charge >= 0.3 is 0 Å². The molecular weight excluding hydrogens is 410 g/mol. The lowest BCUT2D eigenvalue weighted by Gasteiger charge is -2.34. The number of amides is 2. The van der Waals surface area contributed by atoms with E-state index in [9.17, 15) is 22.8 Å². The highest BCUT2D eigenvalue weighted by Gasteiger charge is 2.39. The molecule has 2 aromatic rings. The molecule has 1 saturated carbocycles. The van der Waals surface area contributed by atoms with Crippen LogP contribution in [0.2, 0.25) is 0 Å². The molecule has 0 atom stereocenters. The zero-order valence-corrected chi connectivity index (χ0v) is 16.9. The Kier molecular flexibility index (Phi) is 5.42. The Morgan fingerprint density at radius 2 is 1.77 bits per heavy atom. The van der Waals surface area contributed by atoms with Crippen LogP contribution in [0.4, 0.5) is 0 Å². The lowest BCUT2D eigenvalue weighted by molar-refractivity contribution is -0.131. The van der Waals surface area contributed by atoms with Crippen LogP contribution in [0, 0.1) is 11.8 Å². The lowest BCUT2D eigenvalue weighted by atomic mass is 9.79. The number of nitrogens with one attached hydrogen (secondary N) is 2. The van der Waals surface area contributed by atoms with Crippen LogP contribution in [0.3, 0.4) is 0 Å². The van der Waals surface area contributed by atoms with E-state index in [0.717, 1.165) is 5.56 Å². The van der Waals surface area contributed by atoms with Crippen LogP contribution in [0.5, 0.6) is 0 Å². The summed E-state index contributed by atoms with van der Waals surface area (Å²) < 4.78 is 27.4. The third-order valence-corrected chi connectivity index (χ3v) is 7.27. The summed E-state index contributed by atoms with van der Waals surface area (Å²) in [6, 6.07) is 10.8. The van der Waals surface area contributed by atoms with E-state index in [4.69, 9.17) is 4.52 Å². The summed E-state index contributed by atoms with van der Waals surface area (Å²) in [4.78, 5) is 36.3. The number of benzene rings is 1. The number of carbonyl (C=O) groups excluding carboxylic acids is 3. The number of sulfone groups is 1. The van der Waals surface area contributed by atoms with Crippen LogP contribution in [0.15, 0.2) is 40.9 Å². The molecule has 2 fully saturated rings. The van der Waals surface area contributed by atoms with Gasteiger partial charge in [-0.2, -0.15) is 0 Å². The monoisotopic (exact) mass is 431 g/mol. The number of Topliss-reactive ketones (excluding diaryl/α,β-unsaturated/α-hetero) is 1. The number of nitrogens with zero attached hydrogens (tertiary/aromatic N) is 1. The van der Waals surface area contributed by atoms with E-state index in [0.29, 0.717) is 18.5 Å². The maximum Gasteiger partial charge on any atom is 0.290 e. The Bertz CT molecular complexity index is 1060. The van der Waals surface area contributed by atoms with Gasteiger partial charge in [0.25, 0.3) is 5.91 Å². The summed E-state index contributed by atoms with van der Waals surface area (Å²) in [6.45, 7) is -0.160. The molecule has 1 saturated heterocycles. The third-order valence-electron chi connectivity index (χ3n) is 5.45. The molecule has 10 heteroatoms. The number of hydrogen-bond donors (Lipinski definition) is 2. The van der Waals surface area contributed by atoms with Crippen molar-refractivity contribution in [2.75, 3.05) is 18.1 Å². The molecule has 0 radical (unpaired) electrons. The average Bonchev–Trinajstić information content (AvgIpc) is 3.17. The Balaban J connectivity index is 1.19. The fourth-order valence-corrected chi connectivity index (χ4v) is 5.05. The van der Waals surface area contributed by atoms with Gasteiger partial charge in [0.15, 0.2) is 15.6 Å². The standard InChI is InChI=1S/C20H21N3O6S/c24-17(14-10-30(27,28)11-14)9-21-19(25)13-6-15(7-13)22-20(26)18-8-16(23-29-18)12-4-2-1-3-5-12/h1-5,8,13-15H,6-7,9-11H2,(H,21,25)(H,22,26). The largest absolute Gasteiger partial charge is 0.350 e. The highest BCUT2D eigenvalue weighted by Crippen LogP contribution is 2.28. The summed E-state index contributed by atoms with van der Waals surface area (Å²) in [5.74, 6) is -1.88. The first kappa shape index (κ1) is 20.3. The van der Waals surface area contributed by atoms with Crippen molar-refractivity contribution in [3.63, 3.8) is 0 Å². The number of carbonyl (C=O) groups is 3. The quantitative estimate of drug-likeness (QED) is 0.654. The molecule has 9 nitrogen and oxygen atoms in total. The number of rotatable bonds is 7. The van der Waals surface area contributed by atoms with Crippen molar-refractivity contribution in [3.8, 4) is 11.3 Å². The van der Waals surface area contributed by atoms with Crippen molar-refractivity contribution in [2.24, 2.45) is 11.8 Å². The molecule has 2 N–H and O–H groups in total. The van der Waals surface area contributed by atoms with Gasteiger partial charge in [0.1, 0.15) is 5.69 Å². The first-order chi connectivity index (χ1) is 14.3. The zero-order chi connectivity index (χ0) is 21.3. The van der Waals surface area contributed by atoms with Crippen molar-refractivity contribution < 1.29 is 27.3 Å². The van der Waals surface area contributed by atoms with Gasteiger partial charge in [0, 0.05) is 29.5 Å². The Hall–Kier alpha value is -3.01. The smallest absolute Gasteiger partial charge is 0.290 e. The molecule has 2 heterocycles. The molecule has 2 aliphatic rings. The van der Waals surface area contributed by atoms with Gasteiger partial charge < -0.3 is 15.2 Å². The second-order valence-electron chi connectivity index (χ2n) is 7.74. The molecule has 30 heavy (non-hydrogen) atoms. The summed E-state index contributed by atoms with van der Waals surface area (Å²) >= 11 is 0. The van der Waals surface area contributed by atoms with Gasteiger partial charge in [-0.15, -0.1) is 0 Å². The van der Waals surface area contributed by atoms with Gasteiger partial charge in [-0.25, -0.2) is 8.42 Å². The second-order valence-corrected chi connectivity index (χ2v) is 9.89. The maximum atomic E-state index is 12.3. The predicted octanol–water partition coefficient (Wildman–Crippen LogP) is 0.580. The van der Waals surface area contributed by atoms with E-state index in [2.05, 4.69) is 15.8 Å².